The van der Waals surface area contributed by atoms with Crippen LogP contribution in [0.2, 0.25) is 0 Å². The van der Waals surface area contributed by atoms with Gasteiger partial charge in [-0.05, 0) is 48.8 Å². The highest BCUT2D eigenvalue weighted by molar-refractivity contribution is 6.61. The van der Waals surface area contributed by atoms with Crippen molar-refractivity contribution < 1.29 is 14.5 Å². The third kappa shape index (κ3) is 2.36. The molecule has 1 fully saturated rings. The number of hydrogen-bond acceptors (Lipinski definition) is 3. The highest BCUT2D eigenvalue weighted by Gasteiger charge is 2.31. The molecular formula is C15H20BNO3. The summed E-state index contributed by atoms with van der Waals surface area (Å²) in [5, 5.41) is 9.62. The maximum absolute atomic E-state index is 12.7. The van der Waals surface area contributed by atoms with Crippen molar-refractivity contribution in [3.05, 3.63) is 29.3 Å². The Balaban J connectivity index is 1.84. The third-order valence-electron chi connectivity index (χ3n) is 4.43. The van der Waals surface area contributed by atoms with Crippen LogP contribution in [0, 0.1) is 5.92 Å². The zero-order valence-electron chi connectivity index (χ0n) is 12.0. The van der Waals surface area contributed by atoms with Gasteiger partial charge in [0.2, 0.25) is 0 Å². The van der Waals surface area contributed by atoms with Crippen molar-refractivity contribution in [2.75, 3.05) is 6.54 Å². The number of rotatable bonds is 1. The van der Waals surface area contributed by atoms with Gasteiger partial charge in [0, 0.05) is 18.2 Å². The molecule has 0 saturated carbocycles. The highest BCUT2D eigenvalue weighted by atomic mass is 16.5. The van der Waals surface area contributed by atoms with Crippen molar-refractivity contribution in [3.8, 4) is 0 Å². The van der Waals surface area contributed by atoms with Crippen molar-refractivity contribution in [2.45, 2.75) is 39.3 Å². The van der Waals surface area contributed by atoms with E-state index in [1.54, 1.807) is 12.1 Å². The molecule has 4 nitrogen and oxygen atoms in total. The van der Waals surface area contributed by atoms with E-state index in [2.05, 4.69) is 13.8 Å². The Morgan fingerprint density at radius 3 is 3.00 bits per heavy atom. The van der Waals surface area contributed by atoms with E-state index in [-0.39, 0.29) is 5.91 Å². The smallest absolute Gasteiger partial charge is 0.423 e. The molecule has 2 heterocycles. The van der Waals surface area contributed by atoms with E-state index in [0.717, 1.165) is 24.0 Å². The van der Waals surface area contributed by atoms with Gasteiger partial charge in [0.1, 0.15) is 0 Å². The molecule has 2 aliphatic rings. The molecule has 1 N–H and O–H groups in total. The van der Waals surface area contributed by atoms with Gasteiger partial charge in [0.15, 0.2) is 0 Å². The molecule has 1 amide bonds. The number of amides is 1. The van der Waals surface area contributed by atoms with Crippen LogP contribution >= 0.6 is 0 Å². The number of hydrogen-bond donors (Lipinski definition) is 1. The molecular weight excluding hydrogens is 253 g/mol. The molecule has 106 valence electrons. The number of likely N-dealkylation sites (tertiary alicyclic amines) is 1. The lowest BCUT2D eigenvalue weighted by Crippen LogP contribution is -2.45. The van der Waals surface area contributed by atoms with Gasteiger partial charge in [-0.25, -0.2) is 0 Å². The first-order valence-electron chi connectivity index (χ1n) is 7.29. The predicted octanol–water partition coefficient (Wildman–Crippen LogP) is 1.16. The number of carbonyl (C=O) groups excluding carboxylic acids is 1. The molecule has 1 aromatic rings. The minimum atomic E-state index is -0.844. The first kappa shape index (κ1) is 13.6. The summed E-state index contributed by atoms with van der Waals surface area (Å²) in [6.07, 6.45) is 2.26. The Morgan fingerprint density at radius 1 is 1.40 bits per heavy atom. The molecule has 3 rings (SSSR count). The van der Waals surface area contributed by atoms with Crippen LogP contribution in [-0.2, 0) is 11.3 Å². The summed E-state index contributed by atoms with van der Waals surface area (Å²) >= 11 is 0. The van der Waals surface area contributed by atoms with Crippen molar-refractivity contribution in [2.24, 2.45) is 5.92 Å². The Bertz CT molecular complexity index is 534. The normalized spacial score (nSPS) is 25.8. The lowest BCUT2D eigenvalue weighted by Gasteiger charge is -2.37. The van der Waals surface area contributed by atoms with Crippen LogP contribution in [0.3, 0.4) is 0 Å². The fourth-order valence-electron chi connectivity index (χ4n) is 3.10. The van der Waals surface area contributed by atoms with Crippen molar-refractivity contribution in [1.82, 2.24) is 4.90 Å². The Labute approximate surface area is 119 Å². The van der Waals surface area contributed by atoms with Crippen LogP contribution in [0.5, 0.6) is 0 Å². The molecule has 0 radical (unpaired) electrons. The first-order valence-corrected chi connectivity index (χ1v) is 7.29. The molecule has 0 bridgehead atoms. The van der Waals surface area contributed by atoms with Crippen molar-refractivity contribution >= 4 is 18.5 Å². The summed E-state index contributed by atoms with van der Waals surface area (Å²) in [6, 6.07) is 5.76. The van der Waals surface area contributed by atoms with Crippen LogP contribution in [0.4, 0.5) is 0 Å². The van der Waals surface area contributed by atoms with E-state index in [0.29, 0.717) is 24.1 Å². The largest absolute Gasteiger partial charge is 0.491 e. The summed E-state index contributed by atoms with van der Waals surface area (Å²) < 4.78 is 5.17. The van der Waals surface area contributed by atoms with Crippen LogP contribution in [0.25, 0.3) is 0 Å². The van der Waals surface area contributed by atoms with Crippen LogP contribution in [-0.4, -0.2) is 35.5 Å². The van der Waals surface area contributed by atoms with E-state index in [4.69, 9.17) is 4.65 Å². The average molecular weight is 273 g/mol. The quantitative estimate of drug-likeness (QED) is 0.781. The minimum absolute atomic E-state index is 0.0910. The number of piperidine rings is 1. The zero-order chi connectivity index (χ0) is 14.3. The van der Waals surface area contributed by atoms with Gasteiger partial charge in [0.05, 0.1) is 6.61 Å². The maximum Gasteiger partial charge on any atom is 0.491 e. The van der Waals surface area contributed by atoms with Gasteiger partial charge in [-0.15, -0.1) is 0 Å². The number of benzene rings is 1. The third-order valence-corrected chi connectivity index (χ3v) is 4.43. The molecule has 0 aliphatic carbocycles. The van der Waals surface area contributed by atoms with E-state index in [1.165, 1.54) is 6.42 Å². The molecule has 1 aromatic carbocycles. The molecule has 1 saturated heterocycles. The lowest BCUT2D eigenvalue weighted by atomic mass is 9.79. The van der Waals surface area contributed by atoms with E-state index in [1.807, 2.05) is 11.0 Å². The van der Waals surface area contributed by atoms with Crippen LogP contribution in [0.15, 0.2) is 18.2 Å². The predicted molar refractivity (Wildman–Crippen MR) is 77.7 cm³/mol. The van der Waals surface area contributed by atoms with Gasteiger partial charge in [-0.1, -0.05) is 13.0 Å². The summed E-state index contributed by atoms with van der Waals surface area (Å²) in [5.41, 5.74) is 2.39. The monoisotopic (exact) mass is 273 g/mol. The molecule has 0 spiro atoms. The van der Waals surface area contributed by atoms with E-state index >= 15 is 0 Å². The summed E-state index contributed by atoms with van der Waals surface area (Å²) in [7, 11) is -0.844. The zero-order valence-corrected chi connectivity index (χ0v) is 12.0. The molecule has 0 aromatic heterocycles. The Hall–Kier alpha value is -1.33. The van der Waals surface area contributed by atoms with Gasteiger partial charge in [-0.2, -0.15) is 0 Å². The van der Waals surface area contributed by atoms with E-state index in [9.17, 15) is 9.82 Å². The number of nitrogens with zero attached hydrogens (tertiary/aromatic N) is 1. The Kier molecular flexibility index (Phi) is 3.56. The summed E-state index contributed by atoms with van der Waals surface area (Å²) in [5.74, 6) is 0.656. The fourth-order valence-corrected chi connectivity index (χ4v) is 3.10. The van der Waals surface area contributed by atoms with Gasteiger partial charge >= 0.3 is 7.12 Å². The standard InChI is InChI=1S/C15H20BNO3/c1-10-3-4-11(2)17(8-10)15(18)12-5-6-14-13(7-12)9-20-16(14)19/h5-7,10-11,19H,3-4,8-9H2,1-2H3. The molecule has 2 unspecified atom stereocenters. The molecule has 2 aliphatic heterocycles. The minimum Gasteiger partial charge on any atom is -0.423 e. The second-order valence-electron chi connectivity index (χ2n) is 6.07. The van der Waals surface area contributed by atoms with Gasteiger partial charge < -0.3 is 14.6 Å². The van der Waals surface area contributed by atoms with Gasteiger partial charge in [-0.3, -0.25) is 4.79 Å². The van der Waals surface area contributed by atoms with Crippen LogP contribution < -0.4 is 5.46 Å². The average Bonchev–Trinajstić information content (AvgIpc) is 2.82. The number of carbonyl (C=O) groups is 1. The fraction of sp³-hybridized carbons (Fsp3) is 0.533. The Morgan fingerprint density at radius 2 is 2.20 bits per heavy atom. The summed E-state index contributed by atoms with van der Waals surface area (Å²) in [4.78, 5) is 14.6. The molecule has 5 heteroatoms. The molecule has 2 atom stereocenters. The first-order chi connectivity index (χ1) is 9.56. The van der Waals surface area contributed by atoms with E-state index < -0.39 is 7.12 Å². The van der Waals surface area contributed by atoms with Crippen molar-refractivity contribution in [1.29, 1.82) is 0 Å². The second-order valence-corrected chi connectivity index (χ2v) is 6.07. The maximum atomic E-state index is 12.7. The SMILES string of the molecule is CC1CCC(C)N(C(=O)c2ccc3c(c2)COB3O)C1. The molecule has 20 heavy (non-hydrogen) atoms. The van der Waals surface area contributed by atoms with Crippen molar-refractivity contribution in [3.63, 3.8) is 0 Å². The lowest BCUT2D eigenvalue weighted by molar-refractivity contribution is 0.0574. The topological polar surface area (TPSA) is 49.8 Å². The highest BCUT2D eigenvalue weighted by Crippen LogP contribution is 2.23. The second kappa shape index (κ2) is 5.22. The van der Waals surface area contributed by atoms with Crippen LogP contribution in [0.1, 0.15) is 42.6 Å². The van der Waals surface area contributed by atoms with Gasteiger partial charge in [0.25, 0.3) is 5.91 Å². The number of fused-ring (bicyclic) bond motifs is 1. The summed E-state index contributed by atoms with van der Waals surface area (Å²) in [6.45, 7) is 5.52.